The van der Waals surface area contributed by atoms with E-state index in [0.29, 0.717) is 15.6 Å². The molecule has 0 radical (unpaired) electrons. The molecule has 1 N–H and O–H groups in total. The smallest absolute Gasteiger partial charge is 0.189 e. The van der Waals surface area contributed by atoms with Gasteiger partial charge in [-0.25, -0.2) is 0 Å². The average Bonchev–Trinajstić information content (AvgIpc) is 2.62. The van der Waals surface area contributed by atoms with Crippen molar-refractivity contribution in [1.82, 2.24) is 0 Å². The maximum Gasteiger partial charge on any atom is 0.189 e. The molecule has 3 rings (SSSR count). The van der Waals surface area contributed by atoms with Gasteiger partial charge in [0.15, 0.2) is 5.41 Å². The third kappa shape index (κ3) is 2.52. The molecule has 25 heavy (non-hydrogen) atoms. The summed E-state index contributed by atoms with van der Waals surface area (Å²) < 4.78 is 0. The minimum Gasteiger partial charge on any atom is -0.305 e. The van der Waals surface area contributed by atoms with Crippen molar-refractivity contribution >= 4 is 28.9 Å². The van der Waals surface area contributed by atoms with Crippen LogP contribution in [0.15, 0.2) is 29.8 Å². The van der Waals surface area contributed by atoms with Crippen LogP contribution in [0.5, 0.6) is 0 Å². The Morgan fingerprint density at radius 1 is 1.16 bits per heavy atom. The highest BCUT2D eigenvalue weighted by Crippen LogP contribution is 2.56. The predicted molar refractivity (Wildman–Crippen MR) is 95.1 cm³/mol. The SMILES string of the molecule is N#C[C@@H]1C(=N)C(C#N)(C#N)[C@H](c2ccc(Cl)cc2Cl)[C@H]2CCCC=C12. The number of nitrogens with zero attached hydrogens (tertiary/aromatic N) is 3. The fraction of sp³-hybridized carbons (Fsp3) is 0.368. The van der Waals surface area contributed by atoms with E-state index in [1.54, 1.807) is 18.2 Å². The number of hydrogen-bond donors (Lipinski definition) is 1. The normalized spacial score (nSPS) is 27.2. The van der Waals surface area contributed by atoms with Crippen molar-refractivity contribution in [2.75, 3.05) is 0 Å². The minimum atomic E-state index is -1.71. The van der Waals surface area contributed by atoms with Crippen LogP contribution in [0.4, 0.5) is 0 Å². The van der Waals surface area contributed by atoms with Crippen LogP contribution in [-0.4, -0.2) is 5.71 Å². The highest BCUT2D eigenvalue weighted by Gasteiger charge is 2.57. The lowest BCUT2D eigenvalue weighted by Crippen LogP contribution is -2.48. The summed E-state index contributed by atoms with van der Waals surface area (Å²) in [7, 11) is 0. The molecule has 6 heteroatoms. The Hall–Kier alpha value is -2.32. The second kappa shape index (κ2) is 6.53. The Kier molecular flexibility index (Phi) is 4.57. The van der Waals surface area contributed by atoms with E-state index in [2.05, 4.69) is 6.07 Å². The van der Waals surface area contributed by atoms with Crippen molar-refractivity contribution in [3.05, 3.63) is 45.5 Å². The van der Waals surface area contributed by atoms with E-state index in [9.17, 15) is 15.8 Å². The van der Waals surface area contributed by atoms with Gasteiger partial charge in [0, 0.05) is 16.0 Å². The van der Waals surface area contributed by atoms with Gasteiger partial charge in [-0.3, -0.25) is 0 Å². The molecule has 0 aliphatic heterocycles. The van der Waals surface area contributed by atoms with E-state index in [1.807, 2.05) is 18.2 Å². The summed E-state index contributed by atoms with van der Waals surface area (Å²) in [5.41, 5.74) is -0.388. The van der Waals surface area contributed by atoms with Gasteiger partial charge in [0.2, 0.25) is 0 Å². The first-order valence-corrected chi connectivity index (χ1v) is 8.71. The molecule has 0 unspecified atom stereocenters. The molecule has 0 aromatic heterocycles. The van der Waals surface area contributed by atoms with Crippen LogP contribution in [0.1, 0.15) is 30.7 Å². The number of fused-ring (bicyclic) bond motifs is 1. The van der Waals surface area contributed by atoms with E-state index in [4.69, 9.17) is 28.6 Å². The van der Waals surface area contributed by atoms with Crippen LogP contribution in [-0.2, 0) is 0 Å². The zero-order valence-electron chi connectivity index (χ0n) is 13.3. The molecular formula is C19H14Cl2N4. The topological polar surface area (TPSA) is 95.2 Å². The fourth-order valence-corrected chi connectivity index (χ4v) is 4.63. The number of hydrogen-bond acceptors (Lipinski definition) is 4. The molecule has 1 saturated carbocycles. The van der Waals surface area contributed by atoms with Crippen LogP contribution >= 0.6 is 23.2 Å². The average molecular weight is 369 g/mol. The monoisotopic (exact) mass is 368 g/mol. The lowest BCUT2D eigenvalue weighted by atomic mass is 9.53. The van der Waals surface area contributed by atoms with Crippen molar-refractivity contribution in [3.63, 3.8) is 0 Å². The minimum absolute atomic E-state index is 0.152. The molecule has 4 nitrogen and oxygen atoms in total. The molecule has 0 bridgehead atoms. The highest BCUT2D eigenvalue weighted by atomic mass is 35.5. The highest BCUT2D eigenvalue weighted by molar-refractivity contribution is 6.35. The summed E-state index contributed by atoms with van der Waals surface area (Å²) >= 11 is 12.4. The Labute approximate surface area is 156 Å². The van der Waals surface area contributed by atoms with Gasteiger partial charge in [0.1, 0.15) is 5.92 Å². The van der Waals surface area contributed by atoms with Gasteiger partial charge < -0.3 is 5.41 Å². The summed E-state index contributed by atoms with van der Waals surface area (Å²) in [6.45, 7) is 0. The van der Waals surface area contributed by atoms with Crippen molar-refractivity contribution in [2.24, 2.45) is 17.3 Å². The molecule has 0 heterocycles. The molecule has 1 fully saturated rings. The summed E-state index contributed by atoms with van der Waals surface area (Å²) in [6.07, 6.45) is 4.50. The molecule has 0 spiro atoms. The van der Waals surface area contributed by atoms with Crippen molar-refractivity contribution in [3.8, 4) is 18.2 Å². The van der Waals surface area contributed by atoms with Crippen LogP contribution in [0.2, 0.25) is 10.0 Å². The molecule has 3 atom stereocenters. The molecule has 0 amide bonds. The summed E-state index contributed by atoms with van der Waals surface area (Å²) in [5.74, 6) is -1.58. The van der Waals surface area contributed by atoms with E-state index in [1.165, 1.54) is 0 Å². The lowest BCUT2D eigenvalue weighted by molar-refractivity contribution is 0.320. The van der Waals surface area contributed by atoms with Crippen LogP contribution in [0, 0.1) is 56.7 Å². The standard InChI is InChI=1S/C19H14Cl2N4/c20-11-5-6-14(16(21)7-11)17-13-4-2-1-3-12(13)15(8-22)18(25)19(17,9-23)10-24/h3,5-7,13,15,17,25H,1-2,4H2/t13-,15-,17-/m0/s1. The van der Waals surface area contributed by atoms with Gasteiger partial charge in [-0.2, -0.15) is 15.8 Å². The second-order valence-electron chi connectivity index (χ2n) is 6.39. The predicted octanol–water partition coefficient (Wildman–Crippen LogP) is 5.01. The van der Waals surface area contributed by atoms with Crippen molar-refractivity contribution in [1.29, 1.82) is 21.2 Å². The summed E-state index contributed by atoms with van der Waals surface area (Å²) in [6, 6.07) is 11.2. The van der Waals surface area contributed by atoms with Crippen LogP contribution in [0.3, 0.4) is 0 Å². The first-order chi connectivity index (χ1) is 12.0. The van der Waals surface area contributed by atoms with Gasteiger partial charge in [-0.05, 0) is 48.4 Å². The summed E-state index contributed by atoms with van der Waals surface area (Å²) in [4.78, 5) is 0. The summed E-state index contributed by atoms with van der Waals surface area (Å²) in [5, 5.41) is 38.7. The third-order valence-corrected chi connectivity index (χ3v) is 5.78. The maximum atomic E-state index is 9.88. The molecule has 124 valence electrons. The second-order valence-corrected chi connectivity index (χ2v) is 7.24. The van der Waals surface area contributed by atoms with E-state index < -0.39 is 17.3 Å². The number of rotatable bonds is 1. The van der Waals surface area contributed by atoms with Gasteiger partial charge >= 0.3 is 0 Å². The number of benzene rings is 1. The molecule has 0 saturated heterocycles. The number of halogens is 2. The van der Waals surface area contributed by atoms with Crippen LogP contribution in [0.25, 0.3) is 0 Å². The van der Waals surface area contributed by atoms with Gasteiger partial charge in [-0.15, -0.1) is 0 Å². The maximum absolute atomic E-state index is 9.88. The van der Waals surface area contributed by atoms with Crippen LogP contribution < -0.4 is 0 Å². The molecule has 1 aromatic rings. The van der Waals surface area contributed by atoms with Crippen molar-refractivity contribution in [2.45, 2.75) is 25.2 Å². The third-order valence-electron chi connectivity index (χ3n) is 5.22. The Morgan fingerprint density at radius 2 is 1.88 bits per heavy atom. The fourth-order valence-electron chi connectivity index (χ4n) is 4.11. The van der Waals surface area contributed by atoms with Crippen molar-refractivity contribution < 1.29 is 0 Å². The Bertz CT molecular complexity index is 883. The zero-order valence-corrected chi connectivity index (χ0v) is 14.8. The quantitative estimate of drug-likeness (QED) is 0.705. The molecule has 2 aliphatic rings. The molecule has 2 aliphatic carbocycles. The van der Waals surface area contributed by atoms with Gasteiger partial charge in [0.05, 0.1) is 23.9 Å². The van der Waals surface area contributed by atoms with E-state index >= 15 is 0 Å². The zero-order chi connectivity index (χ0) is 18.2. The van der Waals surface area contributed by atoms with E-state index in [0.717, 1.165) is 24.8 Å². The van der Waals surface area contributed by atoms with Gasteiger partial charge in [0.25, 0.3) is 0 Å². The van der Waals surface area contributed by atoms with E-state index in [-0.39, 0.29) is 11.6 Å². The Balaban J connectivity index is 2.29. The largest absolute Gasteiger partial charge is 0.305 e. The first kappa shape index (κ1) is 17.5. The Morgan fingerprint density at radius 3 is 2.48 bits per heavy atom. The number of nitrogens with one attached hydrogen (secondary N) is 1. The number of nitriles is 3. The molecule has 1 aromatic carbocycles. The lowest BCUT2D eigenvalue weighted by Gasteiger charge is -2.46. The number of allylic oxidation sites excluding steroid dienone is 2. The molecular weight excluding hydrogens is 355 g/mol. The van der Waals surface area contributed by atoms with Gasteiger partial charge in [-0.1, -0.05) is 35.3 Å². The first-order valence-electron chi connectivity index (χ1n) is 7.96.